The van der Waals surface area contributed by atoms with Gasteiger partial charge >= 0.3 is 12.1 Å². The molecule has 0 aromatic rings. The summed E-state index contributed by atoms with van der Waals surface area (Å²) in [5, 5.41) is 8.75. The lowest BCUT2D eigenvalue weighted by Gasteiger charge is -2.36. The third-order valence-electron chi connectivity index (χ3n) is 3.13. The van der Waals surface area contributed by atoms with E-state index in [4.69, 9.17) is 14.7 Å². The van der Waals surface area contributed by atoms with Crippen molar-refractivity contribution in [3.8, 4) is 6.07 Å². The molecule has 0 N–H and O–H groups in total. The molecular formula is C14H18N2O4. The highest BCUT2D eigenvalue weighted by molar-refractivity contribution is 5.82. The quantitative estimate of drug-likeness (QED) is 0.436. The van der Waals surface area contributed by atoms with Gasteiger partial charge in [-0.2, -0.15) is 5.26 Å². The third kappa shape index (κ3) is 4.12. The van der Waals surface area contributed by atoms with Gasteiger partial charge in [0.15, 0.2) is 0 Å². The summed E-state index contributed by atoms with van der Waals surface area (Å²) in [5.41, 5.74) is 0. The van der Waals surface area contributed by atoms with Gasteiger partial charge in [0.05, 0.1) is 12.3 Å². The van der Waals surface area contributed by atoms with Crippen molar-refractivity contribution in [3.05, 3.63) is 25.5 Å². The van der Waals surface area contributed by atoms with E-state index in [0.717, 1.165) is 6.26 Å². The maximum Gasteiger partial charge on any atom is 0.415 e. The van der Waals surface area contributed by atoms with Crippen LogP contribution in [0.15, 0.2) is 25.5 Å². The standard InChI is InChI=1S/C14H18N2O4/c1-3-9-20-13(17)12-10-11(5-7-15)6-8-16(12)14(18)19-4-2/h3-4,11-12H,1-2,5-6,8-10H2. The van der Waals surface area contributed by atoms with E-state index in [1.807, 2.05) is 0 Å². The Balaban J connectivity index is 2.78. The zero-order chi connectivity index (χ0) is 15.0. The van der Waals surface area contributed by atoms with E-state index in [0.29, 0.717) is 25.8 Å². The number of carbonyl (C=O) groups excluding carboxylic acids is 2. The van der Waals surface area contributed by atoms with Crippen molar-refractivity contribution in [1.29, 1.82) is 5.26 Å². The maximum absolute atomic E-state index is 12.0. The van der Waals surface area contributed by atoms with E-state index in [2.05, 4.69) is 19.2 Å². The second-order valence-electron chi connectivity index (χ2n) is 4.43. The van der Waals surface area contributed by atoms with E-state index >= 15 is 0 Å². The second-order valence-corrected chi connectivity index (χ2v) is 4.43. The van der Waals surface area contributed by atoms with Crippen LogP contribution < -0.4 is 0 Å². The second kappa shape index (κ2) is 8.00. The predicted molar refractivity (Wildman–Crippen MR) is 71.3 cm³/mol. The summed E-state index contributed by atoms with van der Waals surface area (Å²) in [6, 6.07) is 1.36. The van der Waals surface area contributed by atoms with Crippen LogP contribution in [-0.4, -0.2) is 36.2 Å². The first-order chi connectivity index (χ1) is 9.63. The molecule has 1 heterocycles. The number of amides is 1. The molecule has 0 spiro atoms. The molecule has 1 aliphatic rings. The van der Waals surface area contributed by atoms with E-state index in [1.54, 1.807) is 0 Å². The fourth-order valence-electron chi connectivity index (χ4n) is 2.17. The number of piperidine rings is 1. The summed E-state index contributed by atoms with van der Waals surface area (Å²) in [6.45, 7) is 7.22. The number of hydrogen-bond acceptors (Lipinski definition) is 5. The molecule has 20 heavy (non-hydrogen) atoms. The fourth-order valence-corrected chi connectivity index (χ4v) is 2.17. The summed E-state index contributed by atoms with van der Waals surface area (Å²) in [6.07, 6.45) is 3.27. The Kier molecular flexibility index (Phi) is 6.30. The van der Waals surface area contributed by atoms with Gasteiger partial charge in [0.1, 0.15) is 12.6 Å². The molecule has 0 aliphatic carbocycles. The molecule has 6 nitrogen and oxygen atoms in total. The molecular weight excluding hydrogens is 260 g/mol. The summed E-state index contributed by atoms with van der Waals surface area (Å²) in [4.78, 5) is 25.1. The zero-order valence-electron chi connectivity index (χ0n) is 11.3. The van der Waals surface area contributed by atoms with Gasteiger partial charge in [-0.1, -0.05) is 19.2 Å². The zero-order valence-corrected chi connectivity index (χ0v) is 11.3. The van der Waals surface area contributed by atoms with Gasteiger partial charge < -0.3 is 9.47 Å². The number of likely N-dealkylation sites (tertiary alicyclic amines) is 1. The molecule has 0 radical (unpaired) electrons. The van der Waals surface area contributed by atoms with Crippen LogP contribution in [0.2, 0.25) is 0 Å². The van der Waals surface area contributed by atoms with Crippen LogP contribution in [0.5, 0.6) is 0 Å². The molecule has 0 aromatic carbocycles. The van der Waals surface area contributed by atoms with Crippen molar-refractivity contribution in [2.75, 3.05) is 13.2 Å². The number of ether oxygens (including phenoxy) is 2. The van der Waals surface area contributed by atoms with E-state index < -0.39 is 18.1 Å². The number of nitriles is 1. The lowest BCUT2D eigenvalue weighted by molar-refractivity contribution is -0.150. The predicted octanol–water partition coefficient (Wildman–Crippen LogP) is 1.99. The number of rotatable bonds is 5. The van der Waals surface area contributed by atoms with Crippen LogP contribution in [0, 0.1) is 17.2 Å². The van der Waals surface area contributed by atoms with Crippen LogP contribution in [0.4, 0.5) is 4.79 Å². The summed E-state index contributed by atoms with van der Waals surface area (Å²) < 4.78 is 9.72. The smallest absolute Gasteiger partial charge is 0.415 e. The van der Waals surface area contributed by atoms with Crippen LogP contribution in [0.25, 0.3) is 0 Å². The first-order valence-corrected chi connectivity index (χ1v) is 6.36. The first-order valence-electron chi connectivity index (χ1n) is 6.36. The maximum atomic E-state index is 12.0. The highest BCUT2D eigenvalue weighted by Crippen LogP contribution is 2.26. The molecule has 0 saturated carbocycles. The normalized spacial score (nSPS) is 21.4. The van der Waals surface area contributed by atoms with Gasteiger partial charge in [0.25, 0.3) is 0 Å². The molecule has 1 fully saturated rings. The number of nitrogens with zero attached hydrogens (tertiary/aromatic N) is 2. The van der Waals surface area contributed by atoms with Gasteiger partial charge in [-0.05, 0) is 18.8 Å². The third-order valence-corrected chi connectivity index (χ3v) is 3.13. The molecule has 0 bridgehead atoms. The molecule has 1 aliphatic heterocycles. The monoisotopic (exact) mass is 278 g/mol. The molecule has 108 valence electrons. The summed E-state index contributed by atoms with van der Waals surface area (Å²) >= 11 is 0. The fraction of sp³-hybridized carbons (Fsp3) is 0.500. The van der Waals surface area contributed by atoms with Crippen LogP contribution in [0.3, 0.4) is 0 Å². The number of carbonyl (C=O) groups is 2. The molecule has 6 heteroatoms. The van der Waals surface area contributed by atoms with E-state index in [1.165, 1.54) is 11.0 Å². The SMILES string of the molecule is C=CCOC(=O)C1CC(CC#N)CCN1C(=O)OC=C. The molecule has 2 atom stereocenters. The van der Waals surface area contributed by atoms with Crippen molar-refractivity contribution in [1.82, 2.24) is 4.90 Å². The minimum Gasteiger partial charge on any atom is -0.460 e. The average molecular weight is 278 g/mol. The minimum absolute atomic E-state index is 0.0778. The van der Waals surface area contributed by atoms with Crippen molar-refractivity contribution in [2.45, 2.75) is 25.3 Å². The highest BCUT2D eigenvalue weighted by atomic mass is 16.6. The number of hydrogen-bond donors (Lipinski definition) is 0. The van der Waals surface area contributed by atoms with Gasteiger partial charge in [0, 0.05) is 13.0 Å². The van der Waals surface area contributed by atoms with Crippen molar-refractivity contribution in [2.24, 2.45) is 5.92 Å². The van der Waals surface area contributed by atoms with Crippen molar-refractivity contribution in [3.63, 3.8) is 0 Å². The highest BCUT2D eigenvalue weighted by Gasteiger charge is 2.37. The van der Waals surface area contributed by atoms with Crippen LogP contribution in [0.1, 0.15) is 19.3 Å². The molecule has 2 unspecified atom stereocenters. The summed E-state index contributed by atoms with van der Waals surface area (Å²) in [7, 11) is 0. The first kappa shape index (κ1) is 15.8. The van der Waals surface area contributed by atoms with Crippen LogP contribution in [-0.2, 0) is 14.3 Å². The van der Waals surface area contributed by atoms with Crippen molar-refractivity contribution < 1.29 is 19.1 Å². The van der Waals surface area contributed by atoms with Gasteiger partial charge in [-0.25, -0.2) is 9.59 Å². The van der Waals surface area contributed by atoms with E-state index in [9.17, 15) is 9.59 Å². The van der Waals surface area contributed by atoms with Gasteiger partial charge in [-0.15, -0.1) is 0 Å². The molecule has 1 saturated heterocycles. The molecule has 1 rings (SSSR count). The topological polar surface area (TPSA) is 79.6 Å². The Morgan fingerprint density at radius 2 is 2.20 bits per heavy atom. The Labute approximate surface area is 118 Å². The van der Waals surface area contributed by atoms with Gasteiger partial charge in [0.2, 0.25) is 0 Å². The summed E-state index contributed by atoms with van der Waals surface area (Å²) in [5.74, 6) is -0.428. The lowest BCUT2D eigenvalue weighted by atomic mass is 9.89. The van der Waals surface area contributed by atoms with Gasteiger partial charge in [-0.3, -0.25) is 4.90 Å². The Hall–Kier alpha value is -2.29. The van der Waals surface area contributed by atoms with E-state index in [-0.39, 0.29) is 12.5 Å². The molecule has 0 aromatic heterocycles. The molecule has 1 amide bonds. The Morgan fingerprint density at radius 3 is 2.80 bits per heavy atom. The Bertz CT molecular complexity index is 427. The number of esters is 1. The average Bonchev–Trinajstić information content (AvgIpc) is 2.45. The van der Waals surface area contributed by atoms with Crippen LogP contribution >= 0.6 is 0 Å². The Morgan fingerprint density at radius 1 is 1.45 bits per heavy atom. The largest absolute Gasteiger partial charge is 0.460 e. The van der Waals surface area contributed by atoms with Crippen molar-refractivity contribution >= 4 is 12.1 Å². The lowest BCUT2D eigenvalue weighted by Crippen LogP contribution is -2.50. The minimum atomic E-state index is -0.727.